The highest BCUT2D eigenvalue weighted by Crippen LogP contribution is 2.59. The summed E-state index contributed by atoms with van der Waals surface area (Å²) in [6.45, 7) is 10.9. The van der Waals surface area contributed by atoms with Crippen LogP contribution in [-0.4, -0.2) is 22.3 Å². The number of benzene rings is 22. The third-order valence-electron chi connectivity index (χ3n) is 31.0. The molecule has 0 fully saturated rings. The highest BCUT2D eigenvalue weighted by Gasteiger charge is 2.47. The standard InChI is InChI=1S/C142H106N4O4/c1-3-97-53-77-119(78-54-97)149-87-85-141(111-29-7-5-8-30-111)131-39-19-15-35-123(131)125-81-63-110(91-133(125)141)105-61-72-114(73-62-105)143(135-43-23-27-106-25-11-13-33-121(106)135)113-70-57-103(58-71-113)108-64-83-139-129(89-108)127-37-17-21-41-137(127)145(139)116-66-49-101(50-67-116)95-147-93-99-45-47-100(48-46-99)94-148-96-102-51-68-117(69-52-102)146-138-42-22-18-38-128(138)130-90-109(65-84-140(130)146)104-59-74-115(75-60-104)144(136-44-24-28-107-26-12-14-34-122(107)136)118-76-82-126-124-36-16-20-40-132(124)142(134(126)92-118,112-31-9-6-10-32-112)86-88-150-120-79-55-98(4-2)56-80-120/h3-84,89-92H,1-2,85-88,93-96H2. The van der Waals surface area contributed by atoms with Crippen LogP contribution in [-0.2, 0) is 46.7 Å². The predicted molar refractivity (Wildman–Crippen MR) is 622 cm³/mol. The van der Waals surface area contributed by atoms with Crippen LogP contribution < -0.4 is 19.3 Å². The predicted octanol–water partition coefficient (Wildman–Crippen LogP) is 36.4. The van der Waals surface area contributed by atoms with Gasteiger partial charge in [0.1, 0.15) is 11.5 Å². The summed E-state index contributed by atoms with van der Waals surface area (Å²) in [6, 6.07) is 186. The van der Waals surface area contributed by atoms with Gasteiger partial charge in [0.25, 0.3) is 0 Å². The zero-order chi connectivity index (χ0) is 100. The van der Waals surface area contributed by atoms with Gasteiger partial charge in [-0.25, -0.2) is 0 Å². The number of hydrogen-bond acceptors (Lipinski definition) is 6. The van der Waals surface area contributed by atoms with Crippen LogP contribution in [0.2, 0.25) is 0 Å². The minimum atomic E-state index is -0.500. The van der Waals surface area contributed by atoms with Crippen molar-refractivity contribution in [2.24, 2.45) is 0 Å². The maximum absolute atomic E-state index is 6.66. The Morgan fingerprint density at radius 1 is 0.233 bits per heavy atom. The molecule has 718 valence electrons. The maximum atomic E-state index is 6.66. The summed E-state index contributed by atoms with van der Waals surface area (Å²) < 4.78 is 30.9. The van der Waals surface area contributed by atoms with E-state index < -0.39 is 10.8 Å². The zero-order valence-electron chi connectivity index (χ0n) is 83.1. The van der Waals surface area contributed by atoms with Crippen molar-refractivity contribution in [2.45, 2.75) is 50.1 Å². The van der Waals surface area contributed by atoms with Gasteiger partial charge in [-0.2, -0.15) is 0 Å². The third kappa shape index (κ3) is 16.7. The molecule has 8 heteroatoms. The number of para-hydroxylation sites is 2. The minimum absolute atomic E-state index is 0.441. The molecule has 0 saturated carbocycles. The number of rotatable bonds is 31. The fourth-order valence-electron chi connectivity index (χ4n) is 23.7. The van der Waals surface area contributed by atoms with E-state index in [-0.39, 0.29) is 0 Å². The number of aromatic nitrogens is 2. The molecule has 2 aromatic heterocycles. The molecule has 2 heterocycles. The van der Waals surface area contributed by atoms with Crippen molar-refractivity contribution in [3.05, 3.63) is 589 Å². The Hall–Kier alpha value is -18.4. The lowest BCUT2D eigenvalue weighted by Gasteiger charge is -2.34. The first-order valence-corrected chi connectivity index (χ1v) is 51.9. The average Bonchev–Trinajstić information content (AvgIpc) is 1.55. The molecule has 2 atom stereocenters. The molecule has 22 aromatic carbocycles. The normalized spacial score (nSPS) is 13.8. The van der Waals surface area contributed by atoms with Gasteiger partial charge < -0.3 is 37.9 Å². The molecule has 0 saturated heterocycles. The minimum Gasteiger partial charge on any atom is -0.494 e. The van der Waals surface area contributed by atoms with Crippen molar-refractivity contribution in [1.29, 1.82) is 0 Å². The molecule has 150 heavy (non-hydrogen) atoms. The van der Waals surface area contributed by atoms with Gasteiger partial charge in [0.15, 0.2) is 0 Å². The fraction of sp³-hybridized carbons (Fsp3) is 0.0704. The lowest BCUT2D eigenvalue weighted by Crippen LogP contribution is -2.29. The lowest BCUT2D eigenvalue weighted by molar-refractivity contribution is 0.105. The molecule has 2 unspecified atom stereocenters. The average molecular weight is 1930 g/mol. The van der Waals surface area contributed by atoms with Crippen LogP contribution in [0.15, 0.2) is 523 Å². The van der Waals surface area contributed by atoms with Gasteiger partial charge >= 0.3 is 0 Å². The van der Waals surface area contributed by atoms with E-state index in [1.54, 1.807) is 0 Å². The van der Waals surface area contributed by atoms with Crippen LogP contribution in [0, 0.1) is 0 Å². The van der Waals surface area contributed by atoms with Crippen molar-refractivity contribution in [3.8, 4) is 78.5 Å². The first kappa shape index (κ1) is 91.5. The molecule has 0 spiro atoms. The van der Waals surface area contributed by atoms with Crippen LogP contribution in [0.25, 0.3) is 144 Å². The van der Waals surface area contributed by atoms with E-state index in [2.05, 4.69) is 517 Å². The molecule has 0 radical (unpaired) electrons. The third-order valence-corrected chi connectivity index (χ3v) is 31.0. The summed E-state index contributed by atoms with van der Waals surface area (Å²) in [5, 5.41) is 9.52. The first-order chi connectivity index (χ1) is 74.2. The first-order valence-electron chi connectivity index (χ1n) is 51.9. The van der Waals surface area contributed by atoms with E-state index >= 15 is 0 Å². The SMILES string of the molecule is C=Cc1ccc(OCCC2(c3ccccc3)c3ccccc3-c3ccc(-c4ccc(N(c5ccc(-c6ccc7c(c6)c6ccccc6n7-c6ccc(COCc7ccc(COCc8ccc(-n9c%10ccccc%10c%10cc(-c%11ccc(N(c%12ccc%13c(c%12)C(CCOc%12ccc(C=C)cc%12)(c%12ccccc%12)c%12ccccc%12-%13)c%12cccc%13ccccc%12%13)cc%11)ccc%109)cc8)cc7)cc6)cc5)c5cccc6ccccc56)cc4)cc32)cc1. The summed E-state index contributed by atoms with van der Waals surface area (Å²) in [5.74, 6) is 1.69. The summed E-state index contributed by atoms with van der Waals surface area (Å²) >= 11 is 0. The molecule has 2 aliphatic carbocycles. The number of ether oxygens (including phenoxy) is 4. The number of anilines is 6. The second-order valence-electron chi connectivity index (χ2n) is 39.5. The van der Waals surface area contributed by atoms with E-state index in [4.69, 9.17) is 18.9 Å². The molecular formula is C142H106N4O4. The summed E-state index contributed by atoms with van der Waals surface area (Å²) in [5.41, 5.74) is 38.5. The Morgan fingerprint density at radius 3 is 0.980 bits per heavy atom. The van der Waals surface area contributed by atoms with Crippen LogP contribution in [0.1, 0.15) is 79.6 Å². The number of fused-ring (bicyclic) bond motifs is 14. The van der Waals surface area contributed by atoms with Crippen LogP contribution >= 0.6 is 0 Å². The quantitative estimate of drug-likeness (QED) is 0.0432. The van der Waals surface area contributed by atoms with Crippen molar-refractivity contribution in [3.63, 3.8) is 0 Å². The molecule has 24 aromatic rings. The van der Waals surface area contributed by atoms with Crippen LogP contribution in [0.3, 0.4) is 0 Å². The van der Waals surface area contributed by atoms with Crippen molar-refractivity contribution in [1.82, 2.24) is 9.13 Å². The van der Waals surface area contributed by atoms with Gasteiger partial charge in [-0.3, -0.25) is 0 Å². The molecule has 2 aliphatic rings. The molecule has 26 rings (SSSR count). The Balaban J connectivity index is 0.402. The van der Waals surface area contributed by atoms with E-state index in [0.29, 0.717) is 39.6 Å². The van der Waals surface area contributed by atoms with Gasteiger partial charge in [-0.15, -0.1) is 0 Å². The Kier molecular flexibility index (Phi) is 24.1. The van der Waals surface area contributed by atoms with E-state index in [0.717, 1.165) is 159 Å². The molecule has 0 N–H and O–H groups in total. The van der Waals surface area contributed by atoms with Crippen LogP contribution in [0.5, 0.6) is 11.5 Å². The van der Waals surface area contributed by atoms with Crippen molar-refractivity contribution in [2.75, 3.05) is 23.0 Å². The Bertz CT molecular complexity index is 9190. The highest BCUT2D eigenvalue weighted by molar-refractivity contribution is 6.12. The van der Waals surface area contributed by atoms with Gasteiger partial charge in [-0.1, -0.05) is 383 Å². The Labute approximate surface area is 874 Å². The number of nitrogens with zero attached hydrogens (tertiary/aromatic N) is 4. The van der Waals surface area contributed by atoms with Crippen molar-refractivity contribution < 1.29 is 18.9 Å². The molecular weight excluding hydrogens is 1830 g/mol. The lowest BCUT2D eigenvalue weighted by atomic mass is 9.70. The van der Waals surface area contributed by atoms with Crippen molar-refractivity contribution >= 4 is 111 Å². The van der Waals surface area contributed by atoms with Gasteiger partial charge in [0.05, 0.1) is 73.1 Å². The number of hydrogen-bond donors (Lipinski definition) is 0. The molecule has 8 nitrogen and oxygen atoms in total. The zero-order valence-corrected chi connectivity index (χ0v) is 83.1. The topological polar surface area (TPSA) is 53.3 Å². The van der Waals surface area contributed by atoms with E-state index in [1.807, 2.05) is 36.4 Å². The smallest absolute Gasteiger partial charge is 0.119 e. The summed E-state index contributed by atoms with van der Waals surface area (Å²) in [6.07, 6.45) is 5.22. The van der Waals surface area contributed by atoms with E-state index in [9.17, 15) is 0 Å². The second kappa shape index (κ2) is 39.5. The fourth-order valence-corrected chi connectivity index (χ4v) is 23.7. The van der Waals surface area contributed by atoms with Gasteiger partial charge in [-0.05, 0) is 298 Å². The van der Waals surface area contributed by atoms with Crippen LogP contribution in [0.4, 0.5) is 34.1 Å². The Morgan fingerprint density at radius 2 is 0.553 bits per heavy atom. The van der Waals surface area contributed by atoms with E-state index in [1.165, 1.54) is 98.7 Å². The largest absolute Gasteiger partial charge is 0.494 e. The maximum Gasteiger partial charge on any atom is 0.119 e. The molecule has 0 bridgehead atoms. The molecule has 0 aliphatic heterocycles. The monoisotopic (exact) mass is 1930 g/mol. The molecule has 0 amide bonds. The highest BCUT2D eigenvalue weighted by atomic mass is 16.5. The summed E-state index contributed by atoms with van der Waals surface area (Å²) in [7, 11) is 0. The van der Waals surface area contributed by atoms with Gasteiger partial charge in [0.2, 0.25) is 0 Å². The summed E-state index contributed by atoms with van der Waals surface area (Å²) in [4.78, 5) is 4.86. The van der Waals surface area contributed by atoms with Gasteiger partial charge in [0, 0.05) is 77.3 Å². The second-order valence-corrected chi connectivity index (χ2v) is 39.5.